The summed E-state index contributed by atoms with van der Waals surface area (Å²) in [7, 11) is 0. The van der Waals surface area contributed by atoms with Gasteiger partial charge in [0.05, 0.1) is 0 Å². The second-order valence-electron chi connectivity index (χ2n) is 3.67. The summed E-state index contributed by atoms with van der Waals surface area (Å²) >= 11 is 0. The molecule has 1 rings (SSSR count). The van der Waals surface area contributed by atoms with Gasteiger partial charge in [0.2, 0.25) is 0 Å². The highest BCUT2D eigenvalue weighted by molar-refractivity contribution is 5.87. The van der Waals surface area contributed by atoms with Gasteiger partial charge in [-0.25, -0.2) is 9.59 Å². The topological polar surface area (TPSA) is 61.8 Å². The van der Waals surface area contributed by atoms with Crippen molar-refractivity contribution in [2.45, 2.75) is 6.92 Å². The monoisotopic (exact) mass is 274 g/mol. The van der Waals surface area contributed by atoms with E-state index in [2.05, 4.69) is 13.2 Å². The van der Waals surface area contributed by atoms with Crippen LogP contribution in [0.1, 0.15) is 6.92 Å². The van der Waals surface area contributed by atoms with Gasteiger partial charge in [0.25, 0.3) is 0 Å². The van der Waals surface area contributed by atoms with Crippen LogP contribution in [-0.4, -0.2) is 11.9 Å². The minimum atomic E-state index is -0.537. The summed E-state index contributed by atoms with van der Waals surface area (Å²) in [5.74, 6) is -0.201. The number of hydrogen-bond donors (Lipinski definition) is 0. The average molecular weight is 274 g/mol. The Labute approximate surface area is 116 Å². The quantitative estimate of drug-likeness (QED) is 0.345. The molecular formula is C15H14O5. The lowest BCUT2D eigenvalue weighted by atomic mass is 10.3. The zero-order valence-electron chi connectivity index (χ0n) is 11.0. The third-order valence-corrected chi connectivity index (χ3v) is 1.99. The van der Waals surface area contributed by atoms with Gasteiger partial charge in [-0.15, -0.1) is 0 Å². The molecule has 0 aliphatic carbocycles. The molecule has 0 fully saturated rings. The maximum absolute atomic E-state index is 11.0. The molecule has 0 unspecified atom stereocenters. The van der Waals surface area contributed by atoms with Crippen LogP contribution in [-0.2, 0) is 14.3 Å². The van der Waals surface area contributed by atoms with E-state index >= 15 is 0 Å². The molecule has 0 aliphatic heterocycles. The van der Waals surface area contributed by atoms with Crippen LogP contribution in [0.3, 0.4) is 0 Å². The van der Waals surface area contributed by atoms with Gasteiger partial charge in [-0.2, -0.15) is 0 Å². The molecule has 1 aromatic rings. The second kappa shape index (κ2) is 7.58. The van der Waals surface area contributed by atoms with E-state index in [9.17, 15) is 9.59 Å². The summed E-state index contributed by atoms with van der Waals surface area (Å²) in [6, 6.07) is 6.31. The van der Waals surface area contributed by atoms with Crippen molar-refractivity contribution in [3.05, 3.63) is 61.6 Å². The Morgan fingerprint density at radius 3 is 2.25 bits per heavy atom. The summed E-state index contributed by atoms with van der Waals surface area (Å²) in [5.41, 5.74) is 0.294. The molecule has 5 nitrogen and oxygen atoms in total. The van der Waals surface area contributed by atoms with Crippen LogP contribution in [0.15, 0.2) is 61.6 Å². The lowest BCUT2D eigenvalue weighted by Crippen LogP contribution is -2.02. The van der Waals surface area contributed by atoms with Gasteiger partial charge in [0.15, 0.2) is 0 Å². The van der Waals surface area contributed by atoms with Gasteiger partial charge in [0.1, 0.15) is 24.0 Å². The molecule has 0 heterocycles. The summed E-state index contributed by atoms with van der Waals surface area (Å²) in [6.45, 7) is 8.27. The first kappa shape index (κ1) is 15.2. The van der Waals surface area contributed by atoms with Crippen LogP contribution in [0.25, 0.3) is 0 Å². The Balaban J connectivity index is 2.47. The van der Waals surface area contributed by atoms with Crippen LogP contribution < -0.4 is 9.47 Å². The highest BCUT2D eigenvalue weighted by atomic mass is 16.5. The summed E-state index contributed by atoms with van der Waals surface area (Å²) in [5, 5.41) is 0. The van der Waals surface area contributed by atoms with Crippen molar-refractivity contribution < 1.29 is 23.8 Å². The highest BCUT2D eigenvalue weighted by Crippen LogP contribution is 2.17. The van der Waals surface area contributed by atoms with Crippen molar-refractivity contribution in [2.24, 2.45) is 0 Å². The molecule has 0 aromatic heterocycles. The first-order chi connectivity index (χ1) is 9.52. The highest BCUT2D eigenvalue weighted by Gasteiger charge is 2.01. The van der Waals surface area contributed by atoms with Gasteiger partial charge >= 0.3 is 11.9 Å². The number of esters is 2. The Bertz CT molecular complexity index is 540. The molecular weight excluding hydrogens is 260 g/mol. The molecule has 104 valence electrons. The maximum atomic E-state index is 11.0. The predicted octanol–water partition coefficient (Wildman–Crippen LogP) is 2.75. The lowest BCUT2D eigenvalue weighted by molar-refractivity contribution is -0.133. The third-order valence-electron chi connectivity index (χ3n) is 1.99. The van der Waals surface area contributed by atoms with E-state index in [1.54, 1.807) is 31.2 Å². The van der Waals surface area contributed by atoms with E-state index in [1.807, 2.05) is 0 Å². The number of hydrogen-bond acceptors (Lipinski definition) is 5. The number of carbonyl (C=O) groups is 2. The Morgan fingerprint density at radius 1 is 1.10 bits per heavy atom. The fourth-order valence-corrected chi connectivity index (χ4v) is 1.04. The van der Waals surface area contributed by atoms with Crippen molar-refractivity contribution >= 4 is 11.9 Å². The standard InChI is InChI=1S/C15H14O5/c1-4-14(16)20-13-7-5-12(6-8-13)18-9-10-19-15(17)11(2)3/h4-10H,1-2H2,3H3/b10-9-. The van der Waals surface area contributed by atoms with E-state index in [0.717, 1.165) is 12.3 Å². The molecule has 1 aromatic carbocycles. The van der Waals surface area contributed by atoms with Gasteiger partial charge in [-0.05, 0) is 31.2 Å². The number of benzene rings is 1. The van der Waals surface area contributed by atoms with Gasteiger partial charge < -0.3 is 14.2 Å². The molecule has 0 aliphatic rings. The van der Waals surface area contributed by atoms with E-state index in [4.69, 9.17) is 14.2 Å². The molecule has 0 N–H and O–H groups in total. The predicted molar refractivity (Wildman–Crippen MR) is 72.9 cm³/mol. The average Bonchev–Trinajstić information content (AvgIpc) is 2.44. The minimum absolute atomic E-state index is 0.294. The smallest absolute Gasteiger partial charge is 0.338 e. The zero-order chi connectivity index (χ0) is 15.0. The van der Waals surface area contributed by atoms with Crippen LogP contribution in [0.5, 0.6) is 11.5 Å². The van der Waals surface area contributed by atoms with E-state index in [1.165, 1.54) is 6.26 Å². The third kappa shape index (κ3) is 5.22. The van der Waals surface area contributed by atoms with Gasteiger partial charge in [0, 0.05) is 11.6 Å². The van der Waals surface area contributed by atoms with Crippen LogP contribution in [0, 0.1) is 0 Å². The zero-order valence-corrected chi connectivity index (χ0v) is 11.0. The van der Waals surface area contributed by atoms with E-state index in [0.29, 0.717) is 17.1 Å². The van der Waals surface area contributed by atoms with Gasteiger partial charge in [-0.3, -0.25) is 0 Å². The van der Waals surface area contributed by atoms with Crippen molar-refractivity contribution in [3.8, 4) is 11.5 Å². The Morgan fingerprint density at radius 2 is 1.70 bits per heavy atom. The maximum Gasteiger partial charge on any atom is 0.338 e. The Kier molecular flexibility index (Phi) is 5.77. The lowest BCUT2D eigenvalue weighted by Gasteiger charge is -2.03. The summed E-state index contributed by atoms with van der Waals surface area (Å²) in [6.07, 6.45) is 3.40. The first-order valence-corrected chi connectivity index (χ1v) is 5.65. The Hall–Kier alpha value is -2.82. The normalized spacial score (nSPS) is 9.85. The second-order valence-corrected chi connectivity index (χ2v) is 3.67. The molecule has 0 spiro atoms. The number of ether oxygens (including phenoxy) is 3. The number of carbonyl (C=O) groups excluding carboxylic acids is 2. The SMILES string of the molecule is C=CC(=O)Oc1ccc(O/C=C\OC(=O)C(=C)C)cc1. The van der Waals surface area contributed by atoms with Crippen molar-refractivity contribution in [1.29, 1.82) is 0 Å². The van der Waals surface area contributed by atoms with Crippen molar-refractivity contribution in [3.63, 3.8) is 0 Å². The van der Waals surface area contributed by atoms with E-state index in [-0.39, 0.29) is 0 Å². The van der Waals surface area contributed by atoms with Crippen LogP contribution in [0.2, 0.25) is 0 Å². The first-order valence-electron chi connectivity index (χ1n) is 5.65. The minimum Gasteiger partial charge on any atom is -0.462 e. The largest absolute Gasteiger partial charge is 0.462 e. The number of rotatable bonds is 6. The molecule has 0 atom stereocenters. The van der Waals surface area contributed by atoms with Crippen molar-refractivity contribution in [1.82, 2.24) is 0 Å². The van der Waals surface area contributed by atoms with E-state index < -0.39 is 11.9 Å². The molecule has 0 saturated heterocycles. The summed E-state index contributed by atoms with van der Waals surface area (Å²) < 4.78 is 14.8. The van der Waals surface area contributed by atoms with Gasteiger partial charge in [-0.1, -0.05) is 13.2 Å². The van der Waals surface area contributed by atoms with Crippen LogP contribution >= 0.6 is 0 Å². The fourth-order valence-electron chi connectivity index (χ4n) is 1.04. The molecule has 0 bridgehead atoms. The molecule has 20 heavy (non-hydrogen) atoms. The molecule has 5 heteroatoms. The molecule has 0 saturated carbocycles. The fraction of sp³-hybridized carbons (Fsp3) is 0.0667. The summed E-state index contributed by atoms with van der Waals surface area (Å²) in [4.78, 5) is 22.0. The van der Waals surface area contributed by atoms with Crippen molar-refractivity contribution in [2.75, 3.05) is 0 Å². The van der Waals surface area contributed by atoms with Crippen LogP contribution in [0.4, 0.5) is 0 Å². The molecule has 0 amide bonds. The molecule has 0 radical (unpaired) electrons.